The molecule has 0 unspecified atom stereocenters. The van der Waals surface area contributed by atoms with Gasteiger partial charge in [-0.2, -0.15) is 13.2 Å². The van der Waals surface area contributed by atoms with E-state index >= 15 is 0 Å². The van der Waals surface area contributed by atoms with Crippen molar-refractivity contribution in [1.29, 1.82) is 0 Å². The van der Waals surface area contributed by atoms with Gasteiger partial charge in [0.15, 0.2) is 0 Å². The average Bonchev–Trinajstić information content (AvgIpc) is 2.75. The van der Waals surface area contributed by atoms with Gasteiger partial charge in [0.1, 0.15) is 0 Å². The number of benzene rings is 1. The van der Waals surface area contributed by atoms with Crippen molar-refractivity contribution in [3.63, 3.8) is 0 Å². The topological polar surface area (TPSA) is 22.0 Å². The number of Topliss-reactive ketones (excluding diaryl/α,β-unsaturated/α-hetero) is 1. The Morgan fingerprint density at radius 3 is 2.63 bits per heavy atom. The van der Waals surface area contributed by atoms with Crippen LogP contribution < -0.4 is 0 Å². The van der Waals surface area contributed by atoms with Crippen molar-refractivity contribution in [3.8, 4) is 0 Å². The first-order valence-corrected chi connectivity index (χ1v) is 5.76. The highest BCUT2D eigenvalue weighted by molar-refractivity contribution is 6.30. The summed E-state index contributed by atoms with van der Waals surface area (Å²) in [6.07, 6.45) is -2.24. The van der Waals surface area contributed by atoms with E-state index in [9.17, 15) is 18.0 Å². The molecule has 0 bridgehead atoms. The lowest BCUT2D eigenvalue weighted by molar-refractivity contribution is -0.0885. The number of carbonyl (C=O) groups excluding carboxylic acids is 1. The maximum Gasteiger partial charge on any atom is 0.454 e. The van der Waals surface area contributed by atoms with Gasteiger partial charge in [0.25, 0.3) is 5.78 Å². The number of alkyl halides is 3. The standard InChI is InChI=1S/C13H9ClF3NO/c14-11-3-1-2-9(6-11)7-18-5-4-10(8-18)12(19)13(15,16)17/h1-6,8H,7H2. The van der Waals surface area contributed by atoms with Crippen LogP contribution >= 0.6 is 11.6 Å². The Labute approximate surface area is 112 Å². The van der Waals surface area contributed by atoms with E-state index in [1.165, 1.54) is 17.0 Å². The predicted octanol–water partition coefficient (Wildman–Crippen LogP) is 3.93. The molecule has 0 N–H and O–H groups in total. The fourth-order valence-corrected chi connectivity index (χ4v) is 1.90. The molecule has 0 saturated heterocycles. The number of carbonyl (C=O) groups is 1. The highest BCUT2D eigenvalue weighted by Crippen LogP contribution is 2.22. The molecular weight excluding hydrogens is 279 g/mol. The van der Waals surface area contributed by atoms with Crippen LogP contribution in [-0.2, 0) is 6.54 Å². The lowest BCUT2D eigenvalue weighted by atomic mass is 10.2. The third-order valence-corrected chi connectivity index (χ3v) is 2.76. The van der Waals surface area contributed by atoms with Crippen LogP contribution in [0, 0.1) is 0 Å². The monoisotopic (exact) mass is 287 g/mol. The minimum atomic E-state index is -4.85. The smallest absolute Gasteiger partial charge is 0.349 e. The van der Waals surface area contributed by atoms with Crippen LogP contribution in [0.3, 0.4) is 0 Å². The van der Waals surface area contributed by atoms with Crippen molar-refractivity contribution in [2.75, 3.05) is 0 Å². The summed E-state index contributed by atoms with van der Waals surface area (Å²) in [4.78, 5) is 11.0. The van der Waals surface area contributed by atoms with Crippen molar-refractivity contribution in [1.82, 2.24) is 4.57 Å². The number of halogens is 4. The molecule has 1 aromatic carbocycles. The van der Waals surface area contributed by atoms with Gasteiger partial charge in [-0.05, 0) is 23.8 Å². The second-order valence-electron chi connectivity index (χ2n) is 4.03. The van der Waals surface area contributed by atoms with Crippen molar-refractivity contribution < 1.29 is 18.0 Å². The zero-order valence-corrected chi connectivity index (χ0v) is 10.4. The van der Waals surface area contributed by atoms with Crippen LogP contribution in [-0.4, -0.2) is 16.5 Å². The summed E-state index contributed by atoms with van der Waals surface area (Å²) in [6.45, 7) is 0.353. The number of nitrogens with zero attached hydrogens (tertiary/aromatic N) is 1. The molecule has 19 heavy (non-hydrogen) atoms. The predicted molar refractivity (Wildman–Crippen MR) is 65.4 cm³/mol. The zero-order valence-electron chi connectivity index (χ0n) is 9.62. The van der Waals surface area contributed by atoms with Gasteiger partial charge in [-0.25, -0.2) is 0 Å². The number of rotatable bonds is 3. The number of hydrogen-bond donors (Lipinski definition) is 0. The largest absolute Gasteiger partial charge is 0.454 e. The van der Waals surface area contributed by atoms with Gasteiger partial charge in [0.05, 0.1) is 0 Å². The van der Waals surface area contributed by atoms with Crippen LogP contribution in [0.2, 0.25) is 5.02 Å². The lowest BCUT2D eigenvalue weighted by Crippen LogP contribution is -2.22. The average molecular weight is 288 g/mol. The van der Waals surface area contributed by atoms with Gasteiger partial charge in [-0.1, -0.05) is 23.7 Å². The molecule has 0 spiro atoms. The number of ketones is 1. The number of aromatic nitrogens is 1. The van der Waals surface area contributed by atoms with Gasteiger partial charge in [-0.15, -0.1) is 0 Å². The van der Waals surface area contributed by atoms with Gasteiger partial charge in [0, 0.05) is 29.5 Å². The molecule has 0 aliphatic heterocycles. The van der Waals surface area contributed by atoms with E-state index in [4.69, 9.17) is 11.6 Å². The molecule has 0 saturated carbocycles. The van der Waals surface area contributed by atoms with E-state index in [1.54, 1.807) is 24.3 Å². The van der Waals surface area contributed by atoms with Crippen molar-refractivity contribution in [2.24, 2.45) is 0 Å². The fourth-order valence-electron chi connectivity index (χ4n) is 1.68. The lowest BCUT2D eigenvalue weighted by Gasteiger charge is -2.04. The first-order valence-electron chi connectivity index (χ1n) is 5.38. The fraction of sp³-hybridized carbons (Fsp3) is 0.154. The Morgan fingerprint density at radius 2 is 2.00 bits per heavy atom. The third-order valence-electron chi connectivity index (χ3n) is 2.52. The normalized spacial score (nSPS) is 11.6. The van der Waals surface area contributed by atoms with E-state index in [2.05, 4.69) is 0 Å². The molecule has 0 aliphatic rings. The van der Waals surface area contributed by atoms with E-state index < -0.39 is 12.0 Å². The maximum absolute atomic E-state index is 12.2. The Balaban J connectivity index is 2.16. The van der Waals surface area contributed by atoms with Gasteiger partial charge >= 0.3 is 6.18 Å². The summed E-state index contributed by atoms with van der Waals surface area (Å²) >= 11 is 5.81. The molecule has 1 heterocycles. The summed E-state index contributed by atoms with van der Waals surface area (Å²) in [7, 11) is 0. The SMILES string of the molecule is O=C(c1ccn(Cc2cccc(Cl)c2)c1)C(F)(F)F. The Morgan fingerprint density at radius 1 is 1.26 bits per heavy atom. The Bertz CT molecular complexity index is 604. The number of hydrogen-bond acceptors (Lipinski definition) is 1. The van der Waals surface area contributed by atoms with Crippen LogP contribution in [0.4, 0.5) is 13.2 Å². The van der Waals surface area contributed by atoms with Crippen molar-refractivity contribution in [3.05, 3.63) is 58.9 Å². The van der Waals surface area contributed by atoms with E-state index in [1.807, 2.05) is 0 Å². The molecule has 2 nitrogen and oxygen atoms in total. The van der Waals surface area contributed by atoms with Crippen LogP contribution in [0.25, 0.3) is 0 Å². The minimum Gasteiger partial charge on any atom is -0.349 e. The highest BCUT2D eigenvalue weighted by Gasteiger charge is 2.39. The van der Waals surface area contributed by atoms with E-state index in [-0.39, 0.29) is 5.56 Å². The zero-order chi connectivity index (χ0) is 14.0. The third kappa shape index (κ3) is 3.38. The molecule has 2 rings (SSSR count). The molecule has 0 amide bonds. The summed E-state index contributed by atoms with van der Waals surface area (Å²) in [5.41, 5.74) is 0.476. The summed E-state index contributed by atoms with van der Waals surface area (Å²) in [6, 6.07) is 8.13. The molecule has 100 valence electrons. The highest BCUT2D eigenvalue weighted by atomic mass is 35.5. The minimum absolute atomic E-state index is 0.353. The molecule has 0 aliphatic carbocycles. The van der Waals surface area contributed by atoms with Crippen LogP contribution in [0.15, 0.2) is 42.7 Å². The van der Waals surface area contributed by atoms with Crippen LogP contribution in [0.5, 0.6) is 0 Å². The summed E-state index contributed by atoms with van der Waals surface area (Å²) in [5.74, 6) is -1.84. The van der Waals surface area contributed by atoms with E-state index in [0.717, 1.165) is 11.6 Å². The Kier molecular flexibility index (Phi) is 3.66. The summed E-state index contributed by atoms with van der Waals surface area (Å²) < 4.78 is 38.2. The molecule has 0 fully saturated rings. The van der Waals surface area contributed by atoms with Crippen molar-refractivity contribution >= 4 is 17.4 Å². The maximum atomic E-state index is 12.2. The summed E-state index contributed by atoms with van der Waals surface area (Å²) in [5, 5.41) is 0.552. The molecule has 6 heteroatoms. The van der Waals surface area contributed by atoms with Gasteiger partial charge in [0.2, 0.25) is 0 Å². The molecular formula is C13H9ClF3NO. The molecule has 0 atom stereocenters. The van der Waals surface area contributed by atoms with Gasteiger partial charge < -0.3 is 4.57 Å². The second kappa shape index (κ2) is 5.09. The second-order valence-corrected chi connectivity index (χ2v) is 4.47. The molecule has 2 aromatic rings. The molecule has 0 radical (unpaired) electrons. The first-order chi connectivity index (χ1) is 8.86. The Hall–Kier alpha value is -1.75. The molecule has 1 aromatic heterocycles. The van der Waals surface area contributed by atoms with E-state index in [0.29, 0.717) is 11.6 Å². The first kappa shape index (κ1) is 13.7. The van der Waals surface area contributed by atoms with Crippen molar-refractivity contribution in [2.45, 2.75) is 12.7 Å². The van der Waals surface area contributed by atoms with Crippen LogP contribution in [0.1, 0.15) is 15.9 Å². The van der Waals surface area contributed by atoms with Gasteiger partial charge in [-0.3, -0.25) is 4.79 Å². The quantitative estimate of drug-likeness (QED) is 0.784.